The largest absolute Gasteiger partial charge is 0.472 e. The van der Waals surface area contributed by atoms with Gasteiger partial charge in [0.2, 0.25) is 5.91 Å². The Labute approximate surface area is 299 Å². The van der Waals surface area contributed by atoms with Gasteiger partial charge < -0.3 is 21.1 Å². The minimum atomic E-state index is -4.35. The number of nitrogens with two attached hydrogens (primary N) is 1. The highest BCUT2D eigenvalue weighted by atomic mass is 31.2. The van der Waals surface area contributed by atoms with Crippen LogP contribution in [0.25, 0.3) is 0 Å². The Hall–Kier alpha value is -2.06. The molecule has 49 heavy (non-hydrogen) atoms. The van der Waals surface area contributed by atoms with Crippen molar-refractivity contribution >= 4 is 13.7 Å². The number of unbranched alkanes of at least 4 members (excludes halogenated alkanes) is 12. The van der Waals surface area contributed by atoms with Crippen LogP contribution in [0.3, 0.4) is 0 Å². The number of carbonyl (C=O) groups is 1. The van der Waals surface area contributed by atoms with E-state index in [0.29, 0.717) is 6.42 Å². The minimum absolute atomic E-state index is 0.0658. The van der Waals surface area contributed by atoms with Crippen LogP contribution in [0.1, 0.15) is 142 Å². The quantitative estimate of drug-likeness (QED) is 0.0298. The van der Waals surface area contributed by atoms with E-state index in [2.05, 4.69) is 79.9 Å². The molecule has 0 aliphatic rings. The van der Waals surface area contributed by atoms with E-state index in [1.165, 1.54) is 44.9 Å². The fourth-order valence-corrected chi connectivity index (χ4v) is 5.66. The number of hydrogen-bond donors (Lipinski definition) is 4. The molecule has 3 atom stereocenters. The number of nitrogens with one attached hydrogen (secondary N) is 1. The number of allylic oxidation sites excluding steroid dienone is 11. The Kier molecular flexibility index (Phi) is 34.3. The van der Waals surface area contributed by atoms with Crippen molar-refractivity contribution in [2.75, 3.05) is 19.8 Å². The van der Waals surface area contributed by atoms with Gasteiger partial charge in [-0.2, -0.15) is 0 Å². The van der Waals surface area contributed by atoms with Gasteiger partial charge in [0.05, 0.1) is 25.4 Å². The maximum atomic E-state index is 12.7. The summed E-state index contributed by atoms with van der Waals surface area (Å²) in [5.41, 5.74) is 5.35. The van der Waals surface area contributed by atoms with Crippen molar-refractivity contribution < 1.29 is 28.4 Å². The Balaban J connectivity index is 4.42. The second kappa shape index (κ2) is 35.8. The summed E-state index contributed by atoms with van der Waals surface area (Å²) < 4.78 is 22.0. The molecule has 0 radical (unpaired) electrons. The van der Waals surface area contributed by atoms with Crippen molar-refractivity contribution in [1.82, 2.24) is 5.32 Å². The second-order valence-electron chi connectivity index (χ2n) is 12.4. The molecule has 0 spiro atoms. The molecule has 0 heterocycles. The second-order valence-corrected chi connectivity index (χ2v) is 13.8. The molecule has 8 nitrogen and oxygen atoms in total. The lowest BCUT2D eigenvalue weighted by molar-refractivity contribution is -0.123. The van der Waals surface area contributed by atoms with Gasteiger partial charge in [0.1, 0.15) is 0 Å². The molecule has 0 bridgehead atoms. The third-order valence-electron chi connectivity index (χ3n) is 7.77. The molecule has 0 aromatic carbocycles. The van der Waals surface area contributed by atoms with E-state index < -0.39 is 20.0 Å². The fourth-order valence-electron chi connectivity index (χ4n) is 4.90. The van der Waals surface area contributed by atoms with Gasteiger partial charge in [-0.05, 0) is 70.6 Å². The first kappa shape index (κ1) is 46.9. The van der Waals surface area contributed by atoms with Gasteiger partial charge in [-0.3, -0.25) is 13.8 Å². The number of aliphatic hydroxyl groups is 1. The van der Waals surface area contributed by atoms with Crippen LogP contribution in [0.4, 0.5) is 0 Å². The molecule has 0 saturated carbocycles. The maximum absolute atomic E-state index is 12.7. The van der Waals surface area contributed by atoms with Crippen molar-refractivity contribution in [3.63, 3.8) is 0 Å². The third-order valence-corrected chi connectivity index (χ3v) is 8.75. The van der Waals surface area contributed by atoms with Crippen molar-refractivity contribution in [2.24, 2.45) is 5.73 Å². The number of phosphoric ester groups is 1. The number of rotatable bonds is 34. The van der Waals surface area contributed by atoms with Crippen LogP contribution in [-0.4, -0.2) is 47.8 Å². The van der Waals surface area contributed by atoms with E-state index in [0.717, 1.165) is 77.0 Å². The number of hydrogen-bond acceptors (Lipinski definition) is 6. The average Bonchev–Trinajstić information content (AvgIpc) is 3.09. The van der Waals surface area contributed by atoms with E-state index >= 15 is 0 Å². The lowest BCUT2D eigenvalue weighted by Gasteiger charge is -2.23. The summed E-state index contributed by atoms with van der Waals surface area (Å²) in [4.78, 5) is 22.6. The lowest BCUT2D eigenvalue weighted by atomic mass is 10.1. The molecule has 0 fully saturated rings. The highest BCUT2D eigenvalue weighted by Crippen LogP contribution is 2.43. The van der Waals surface area contributed by atoms with Gasteiger partial charge in [0.15, 0.2) is 0 Å². The number of carbonyl (C=O) groups excluding carboxylic acids is 1. The van der Waals surface area contributed by atoms with Crippen LogP contribution in [0.2, 0.25) is 0 Å². The monoisotopic (exact) mass is 707 g/mol. The van der Waals surface area contributed by atoms with Crippen molar-refractivity contribution in [3.8, 4) is 0 Å². The van der Waals surface area contributed by atoms with Crippen LogP contribution in [0, 0.1) is 0 Å². The SMILES string of the molecule is CC/C=C\C/C=C\C/C=C\C/C=C\CCCCCCC(=O)NC(COP(=O)(O)OCCN)C(O)/C=C/CC/C=C/CCCCCCCCC. The summed E-state index contributed by atoms with van der Waals surface area (Å²) in [6.07, 6.45) is 45.2. The predicted octanol–water partition coefficient (Wildman–Crippen LogP) is 10.1. The zero-order valence-corrected chi connectivity index (χ0v) is 31.8. The molecule has 3 unspecified atom stereocenters. The summed E-state index contributed by atoms with van der Waals surface area (Å²) in [5, 5.41) is 13.6. The number of aliphatic hydroxyl groups excluding tert-OH is 1. The van der Waals surface area contributed by atoms with Gasteiger partial charge >= 0.3 is 7.82 Å². The molecule has 282 valence electrons. The van der Waals surface area contributed by atoms with Crippen molar-refractivity contribution in [1.29, 1.82) is 0 Å². The van der Waals surface area contributed by atoms with Crippen LogP contribution < -0.4 is 11.1 Å². The number of amides is 1. The minimum Gasteiger partial charge on any atom is -0.387 e. The number of phosphoric acid groups is 1. The third kappa shape index (κ3) is 34.2. The van der Waals surface area contributed by atoms with Crippen LogP contribution in [0.15, 0.2) is 72.9 Å². The summed E-state index contributed by atoms with van der Waals surface area (Å²) >= 11 is 0. The first-order chi connectivity index (χ1) is 23.9. The van der Waals surface area contributed by atoms with Gasteiger partial charge in [-0.1, -0.05) is 138 Å². The van der Waals surface area contributed by atoms with Crippen LogP contribution in [-0.2, 0) is 18.4 Å². The molecule has 5 N–H and O–H groups in total. The summed E-state index contributed by atoms with van der Waals surface area (Å²) in [7, 11) is -4.35. The Morgan fingerprint density at radius 3 is 1.82 bits per heavy atom. The van der Waals surface area contributed by atoms with Gasteiger partial charge in [0, 0.05) is 13.0 Å². The Bertz CT molecular complexity index is 991. The molecule has 0 aliphatic carbocycles. The van der Waals surface area contributed by atoms with E-state index in [9.17, 15) is 19.4 Å². The Morgan fingerprint density at radius 2 is 1.20 bits per heavy atom. The smallest absolute Gasteiger partial charge is 0.387 e. The fraction of sp³-hybridized carbons (Fsp3) is 0.675. The molecule has 0 rings (SSSR count). The molecule has 0 aromatic rings. The van der Waals surface area contributed by atoms with Crippen LogP contribution in [0.5, 0.6) is 0 Å². The summed E-state index contributed by atoms with van der Waals surface area (Å²) in [5.74, 6) is -0.232. The predicted molar refractivity (Wildman–Crippen MR) is 207 cm³/mol. The Morgan fingerprint density at radius 1 is 0.694 bits per heavy atom. The molecule has 0 aromatic heterocycles. The first-order valence-electron chi connectivity index (χ1n) is 19.1. The highest BCUT2D eigenvalue weighted by Gasteiger charge is 2.26. The lowest BCUT2D eigenvalue weighted by Crippen LogP contribution is -2.45. The average molecular weight is 707 g/mol. The highest BCUT2D eigenvalue weighted by molar-refractivity contribution is 7.47. The summed E-state index contributed by atoms with van der Waals surface area (Å²) in [6.45, 7) is 3.94. The van der Waals surface area contributed by atoms with Gasteiger partial charge in [-0.15, -0.1) is 0 Å². The van der Waals surface area contributed by atoms with E-state index in [-0.39, 0.29) is 25.7 Å². The van der Waals surface area contributed by atoms with Crippen molar-refractivity contribution in [3.05, 3.63) is 72.9 Å². The molecular formula is C40H71N2O6P. The molecular weight excluding hydrogens is 635 g/mol. The van der Waals surface area contributed by atoms with Gasteiger partial charge in [0.25, 0.3) is 0 Å². The topological polar surface area (TPSA) is 131 Å². The summed E-state index contributed by atoms with van der Waals surface area (Å²) in [6, 6.07) is -0.892. The molecule has 0 saturated heterocycles. The van der Waals surface area contributed by atoms with E-state index in [1.807, 2.05) is 6.08 Å². The zero-order valence-electron chi connectivity index (χ0n) is 30.9. The van der Waals surface area contributed by atoms with Crippen molar-refractivity contribution in [2.45, 2.75) is 154 Å². The standard InChI is InChI=1S/C40H71N2O6P/c1-3-5-7-9-11-13-15-17-18-19-20-22-24-26-28-30-32-34-40(44)42-38(37-48-49(45,46)47-36-35-41)39(43)33-31-29-27-25-23-21-16-14-12-10-8-6-4-2/h5,7,11,13,17-18,20,22-23,25,31,33,38-39,43H,3-4,6,8-10,12,14-16,19,21,24,26-30,32,34-37,41H2,1-2H3,(H,42,44)(H,45,46)/b7-5-,13-11-,18-17-,22-20-,25-23+,33-31+. The van der Waals surface area contributed by atoms with E-state index in [4.69, 9.17) is 14.8 Å². The maximum Gasteiger partial charge on any atom is 0.472 e. The normalized spacial score (nSPS) is 15.1. The zero-order chi connectivity index (χ0) is 36.1. The molecule has 9 heteroatoms. The van der Waals surface area contributed by atoms with E-state index in [1.54, 1.807) is 6.08 Å². The van der Waals surface area contributed by atoms with Gasteiger partial charge in [-0.25, -0.2) is 4.57 Å². The first-order valence-corrected chi connectivity index (χ1v) is 20.6. The molecule has 0 aliphatic heterocycles. The molecule has 1 amide bonds. The van der Waals surface area contributed by atoms with Crippen LogP contribution >= 0.6 is 7.82 Å².